The first-order chi connectivity index (χ1) is 9.83. The Labute approximate surface area is 124 Å². The predicted octanol–water partition coefficient (Wildman–Crippen LogP) is 3.52. The Balaban J connectivity index is 1.61. The van der Waals surface area contributed by atoms with Crippen LogP contribution in [0.25, 0.3) is 0 Å². The van der Waals surface area contributed by atoms with Crippen LogP contribution in [-0.2, 0) is 9.47 Å². The first kappa shape index (κ1) is 16.3. The van der Waals surface area contributed by atoms with Crippen LogP contribution in [0.5, 0.6) is 0 Å². The lowest BCUT2D eigenvalue weighted by Crippen LogP contribution is -2.62. The Hall–Kier alpha value is -0.120. The summed E-state index contributed by atoms with van der Waals surface area (Å²) in [6.07, 6.45) is 10.8. The molecule has 0 aromatic carbocycles. The van der Waals surface area contributed by atoms with Gasteiger partial charge in [-0.2, -0.15) is 0 Å². The van der Waals surface area contributed by atoms with Gasteiger partial charge in [0.05, 0.1) is 6.10 Å². The van der Waals surface area contributed by atoms with E-state index in [1.807, 2.05) is 0 Å². The van der Waals surface area contributed by atoms with Gasteiger partial charge in [0.2, 0.25) is 0 Å². The van der Waals surface area contributed by atoms with E-state index in [4.69, 9.17) is 9.47 Å². The Kier molecular flexibility index (Phi) is 6.79. The van der Waals surface area contributed by atoms with Crippen molar-refractivity contribution >= 4 is 0 Å². The number of unbranched alkanes of at least 4 members (excludes halogenated alkanes) is 1. The fraction of sp³-hybridized carbons (Fsp3) is 1.00. The maximum Gasteiger partial charge on any atom is 0.0661 e. The van der Waals surface area contributed by atoms with Gasteiger partial charge in [0.25, 0.3) is 0 Å². The predicted molar refractivity (Wildman–Crippen MR) is 83.1 cm³/mol. The van der Waals surface area contributed by atoms with Crippen molar-refractivity contribution in [1.82, 2.24) is 5.32 Å². The zero-order valence-electron chi connectivity index (χ0n) is 13.5. The van der Waals surface area contributed by atoms with E-state index in [9.17, 15) is 0 Å². The summed E-state index contributed by atoms with van der Waals surface area (Å²) in [5.74, 6) is 0. The molecule has 0 aromatic rings. The van der Waals surface area contributed by atoms with E-state index in [2.05, 4.69) is 19.2 Å². The van der Waals surface area contributed by atoms with Gasteiger partial charge in [-0.25, -0.2) is 0 Å². The average molecular weight is 283 g/mol. The molecule has 0 bridgehead atoms. The van der Waals surface area contributed by atoms with Gasteiger partial charge in [0, 0.05) is 31.3 Å². The van der Waals surface area contributed by atoms with E-state index in [0.29, 0.717) is 17.6 Å². The van der Waals surface area contributed by atoms with E-state index >= 15 is 0 Å². The van der Waals surface area contributed by atoms with E-state index in [-0.39, 0.29) is 0 Å². The van der Waals surface area contributed by atoms with Crippen LogP contribution in [0.1, 0.15) is 65.2 Å². The van der Waals surface area contributed by atoms with Crippen molar-refractivity contribution in [2.24, 2.45) is 5.41 Å². The van der Waals surface area contributed by atoms with Crippen LogP contribution >= 0.6 is 0 Å². The highest BCUT2D eigenvalue weighted by Crippen LogP contribution is 2.54. The number of rotatable bonds is 10. The van der Waals surface area contributed by atoms with Crippen LogP contribution in [0.4, 0.5) is 0 Å². The third kappa shape index (κ3) is 3.75. The summed E-state index contributed by atoms with van der Waals surface area (Å²) >= 11 is 0. The van der Waals surface area contributed by atoms with Crippen LogP contribution in [0.2, 0.25) is 0 Å². The third-order valence-electron chi connectivity index (χ3n) is 5.19. The van der Waals surface area contributed by atoms with Crippen molar-refractivity contribution < 1.29 is 9.47 Å². The molecule has 0 heterocycles. The minimum Gasteiger partial charge on any atom is -0.381 e. The summed E-state index contributed by atoms with van der Waals surface area (Å²) in [5.41, 5.74) is 0.471. The minimum absolute atomic E-state index is 0.471. The largest absolute Gasteiger partial charge is 0.381 e. The first-order valence-corrected chi connectivity index (χ1v) is 8.76. The topological polar surface area (TPSA) is 30.5 Å². The van der Waals surface area contributed by atoms with E-state index in [1.54, 1.807) is 0 Å². The lowest BCUT2D eigenvalue weighted by Gasteiger charge is -2.54. The van der Waals surface area contributed by atoms with Gasteiger partial charge in [0.15, 0.2) is 0 Å². The molecule has 3 nitrogen and oxygen atoms in total. The van der Waals surface area contributed by atoms with E-state index in [1.165, 1.54) is 44.9 Å². The van der Waals surface area contributed by atoms with Crippen LogP contribution < -0.4 is 5.32 Å². The molecule has 0 amide bonds. The molecule has 0 aromatic heterocycles. The number of nitrogens with one attached hydrogen (secondary N) is 1. The summed E-state index contributed by atoms with van der Waals surface area (Å²) in [6.45, 7) is 8.12. The number of hydrogen-bond acceptors (Lipinski definition) is 3. The Morgan fingerprint density at radius 3 is 2.55 bits per heavy atom. The second-order valence-corrected chi connectivity index (χ2v) is 6.45. The molecule has 2 rings (SSSR count). The Morgan fingerprint density at radius 2 is 1.85 bits per heavy atom. The smallest absolute Gasteiger partial charge is 0.0661 e. The second kappa shape index (κ2) is 8.35. The van der Waals surface area contributed by atoms with E-state index in [0.717, 1.165) is 32.8 Å². The molecule has 2 fully saturated rings. The highest BCUT2D eigenvalue weighted by Gasteiger charge is 2.56. The van der Waals surface area contributed by atoms with Gasteiger partial charge < -0.3 is 14.8 Å². The molecule has 3 heteroatoms. The maximum atomic E-state index is 5.95. The van der Waals surface area contributed by atoms with Crippen molar-refractivity contribution in [2.45, 2.75) is 77.4 Å². The quantitative estimate of drug-likeness (QED) is 0.622. The summed E-state index contributed by atoms with van der Waals surface area (Å²) in [6, 6.07) is 0.692. The second-order valence-electron chi connectivity index (χ2n) is 6.45. The van der Waals surface area contributed by atoms with Crippen LogP contribution in [0.15, 0.2) is 0 Å². The molecule has 1 spiro atoms. The Bertz CT molecular complexity index is 264. The zero-order chi connectivity index (χ0) is 14.3. The third-order valence-corrected chi connectivity index (χ3v) is 5.19. The monoisotopic (exact) mass is 283 g/mol. The van der Waals surface area contributed by atoms with Gasteiger partial charge >= 0.3 is 0 Å². The molecule has 2 unspecified atom stereocenters. The SMILES string of the molecule is CCCCOCCCNC1CC(OCC)C12CCCC2. The minimum atomic E-state index is 0.471. The van der Waals surface area contributed by atoms with Gasteiger partial charge in [-0.1, -0.05) is 26.2 Å². The van der Waals surface area contributed by atoms with Gasteiger partial charge in [0.1, 0.15) is 0 Å². The lowest BCUT2D eigenvalue weighted by atomic mass is 9.60. The highest BCUT2D eigenvalue weighted by atomic mass is 16.5. The van der Waals surface area contributed by atoms with Crippen LogP contribution in [0.3, 0.4) is 0 Å². The summed E-state index contributed by atoms with van der Waals surface area (Å²) < 4.78 is 11.6. The molecule has 2 saturated carbocycles. The number of hydrogen-bond donors (Lipinski definition) is 1. The Morgan fingerprint density at radius 1 is 1.10 bits per heavy atom. The van der Waals surface area contributed by atoms with Gasteiger partial charge in [-0.15, -0.1) is 0 Å². The molecule has 0 radical (unpaired) electrons. The molecule has 0 saturated heterocycles. The molecule has 2 atom stereocenters. The van der Waals surface area contributed by atoms with Crippen molar-refractivity contribution in [3.05, 3.63) is 0 Å². The van der Waals surface area contributed by atoms with Crippen LogP contribution in [0, 0.1) is 5.41 Å². The highest BCUT2D eigenvalue weighted by molar-refractivity contribution is 5.09. The van der Waals surface area contributed by atoms with Crippen molar-refractivity contribution in [1.29, 1.82) is 0 Å². The molecule has 1 N–H and O–H groups in total. The molecule has 2 aliphatic rings. The number of ether oxygens (including phenoxy) is 2. The zero-order valence-corrected chi connectivity index (χ0v) is 13.5. The molecule has 118 valence electrons. The summed E-state index contributed by atoms with van der Waals surface area (Å²) in [4.78, 5) is 0. The van der Waals surface area contributed by atoms with Crippen molar-refractivity contribution in [3.63, 3.8) is 0 Å². The summed E-state index contributed by atoms with van der Waals surface area (Å²) in [7, 11) is 0. The molecule has 2 aliphatic carbocycles. The standard InChI is InChI=1S/C17H33NO2/c1-3-5-12-19-13-8-11-18-15-14-16(20-4-2)17(15)9-6-7-10-17/h15-16,18H,3-14H2,1-2H3. The summed E-state index contributed by atoms with van der Waals surface area (Å²) in [5, 5.41) is 3.77. The van der Waals surface area contributed by atoms with E-state index < -0.39 is 0 Å². The fourth-order valence-corrected chi connectivity index (χ4v) is 3.97. The lowest BCUT2D eigenvalue weighted by molar-refractivity contribution is -0.130. The normalized spacial score (nSPS) is 27.9. The molecule has 20 heavy (non-hydrogen) atoms. The average Bonchev–Trinajstić information content (AvgIpc) is 2.96. The fourth-order valence-electron chi connectivity index (χ4n) is 3.97. The van der Waals surface area contributed by atoms with Crippen molar-refractivity contribution in [3.8, 4) is 0 Å². The van der Waals surface area contributed by atoms with Crippen molar-refractivity contribution in [2.75, 3.05) is 26.4 Å². The van der Waals surface area contributed by atoms with Gasteiger partial charge in [-0.3, -0.25) is 0 Å². The van der Waals surface area contributed by atoms with Gasteiger partial charge in [-0.05, 0) is 45.6 Å². The van der Waals surface area contributed by atoms with Crippen LogP contribution in [-0.4, -0.2) is 38.5 Å². The molecular weight excluding hydrogens is 250 g/mol. The molecular formula is C17H33NO2. The molecule has 0 aliphatic heterocycles. The maximum absolute atomic E-state index is 5.95. The first-order valence-electron chi connectivity index (χ1n) is 8.76.